The summed E-state index contributed by atoms with van der Waals surface area (Å²) in [5.74, 6) is -1.30. The van der Waals surface area contributed by atoms with Crippen molar-refractivity contribution in [1.29, 1.82) is 0 Å². The van der Waals surface area contributed by atoms with Crippen LogP contribution in [0.3, 0.4) is 0 Å². The summed E-state index contributed by atoms with van der Waals surface area (Å²) in [6.07, 6.45) is 3.50. The maximum atomic E-state index is 12.5. The van der Waals surface area contributed by atoms with Gasteiger partial charge in [-0.15, -0.1) is 0 Å². The molecule has 8 nitrogen and oxygen atoms in total. The quantitative estimate of drug-likeness (QED) is 0.310. The van der Waals surface area contributed by atoms with Crippen molar-refractivity contribution in [2.45, 2.75) is 52.5 Å². The van der Waals surface area contributed by atoms with Crippen LogP contribution in [-0.4, -0.2) is 61.5 Å². The SMILES string of the molecule is COCCCN1C(=O)c2ccc(C(=O)OCC(=O)NC(C)CCCC(C)C)cc2C1=O. The first kappa shape index (κ1) is 24.5. The summed E-state index contributed by atoms with van der Waals surface area (Å²) in [6.45, 7) is 6.51. The third-order valence-electron chi connectivity index (χ3n) is 5.10. The van der Waals surface area contributed by atoms with Crippen LogP contribution >= 0.6 is 0 Å². The summed E-state index contributed by atoms with van der Waals surface area (Å²) in [7, 11) is 1.55. The van der Waals surface area contributed by atoms with Gasteiger partial charge in [-0.3, -0.25) is 19.3 Å². The fraction of sp³-hybridized carbons (Fsp3) is 0.565. The number of nitrogens with one attached hydrogen (secondary N) is 1. The Morgan fingerprint density at radius 3 is 2.42 bits per heavy atom. The zero-order chi connectivity index (χ0) is 23.0. The van der Waals surface area contributed by atoms with Crippen LogP contribution in [0.4, 0.5) is 0 Å². The average Bonchev–Trinajstić information content (AvgIpc) is 2.96. The molecule has 1 aliphatic rings. The zero-order valence-corrected chi connectivity index (χ0v) is 18.7. The first-order chi connectivity index (χ1) is 14.7. The van der Waals surface area contributed by atoms with Crippen molar-refractivity contribution in [3.63, 3.8) is 0 Å². The average molecular weight is 433 g/mol. The van der Waals surface area contributed by atoms with E-state index in [2.05, 4.69) is 19.2 Å². The van der Waals surface area contributed by atoms with Crippen molar-refractivity contribution < 1.29 is 28.7 Å². The molecule has 0 saturated carbocycles. The summed E-state index contributed by atoms with van der Waals surface area (Å²) < 4.78 is 10.0. The lowest BCUT2D eigenvalue weighted by Crippen LogP contribution is -2.35. The van der Waals surface area contributed by atoms with Crippen LogP contribution in [0.1, 0.15) is 77.5 Å². The zero-order valence-electron chi connectivity index (χ0n) is 18.7. The number of imide groups is 1. The number of ether oxygens (including phenoxy) is 2. The Morgan fingerprint density at radius 2 is 1.74 bits per heavy atom. The van der Waals surface area contributed by atoms with E-state index in [4.69, 9.17) is 9.47 Å². The lowest BCUT2D eigenvalue weighted by molar-refractivity contribution is -0.124. The van der Waals surface area contributed by atoms with Crippen molar-refractivity contribution in [3.8, 4) is 0 Å². The lowest BCUT2D eigenvalue weighted by Gasteiger charge is -2.14. The molecule has 1 atom stereocenters. The van der Waals surface area contributed by atoms with E-state index in [0.717, 1.165) is 24.2 Å². The highest BCUT2D eigenvalue weighted by molar-refractivity contribution is 6.21. The molecule has 2 rings (SSSR count). The smallest absolute Gasteiger partial charge is 0.338 e. The largest absolute Gasteiger partial charge is 0.452 e. The molecule has 1 aromatic rings. The Bertz CT molecular complexity index is 820. The van der Waals surface area contributed by atoms with Gasteiger partial charge in [-0.05, 0) is 43.9 Å². The van der Waals surface area contributed by atoms with Gasteiger partial charge in [-0.2, -0.15) is 0 Å². The van der Waals surface area contributed by atoms with Gasteiger partial charge in [0.1, 0.15) is 0 Å². The molecule has 1 heterocycles. The Kier molecular flexibility index (Phi) is 9.18. The number of nitrogens with zero attached hydrogens (tertiary/aromatic N) is 1. The van der Waals surface area contributed by atoms with Gasteiger partial charge in [0.05, 0.1) is 16.7 Å². The molecule has 8 heteroatoms. The van der Waals surface area contributed by atoms with Crippen molar-refractivity contribution in [2.75, 3.05) is 26.9 Å². The predicted molar refractivity (Wildman–Crippen MR) is 115 cm³/mol. The van der Waals surface area contributed by atoms with Gasteiger partial charge in [0, 0.05) is 26.3 Å². The summed E-state index contributed by atoms with van der Waals surface area (Å²) in [5.41, 5.74) is 0.545. The van der Waals surface area contributed by atoms with E-state index in [1.165, 1.54) is 18.2 Å². The van der Waals surface area contributed by atoms with E-state index in [9.17, 15) is 19.2 Å². The molecule has 1 N–H and O–H groups in total. The summed E-state index contributed by atoms with van der Waals surface area (Å²) in [6, 6.07) is 4.22. The van der Waals surface area contributed by atoms with Crippen LogP contribution in [-0.2, 0) is 14.3 Å². The Balaban J connectivity index is 1.88. The third-order valence-corrected chi connectivity index (χ3v) is 5.10. The molecular weight excluding hydrogens is 400 g/mol. The van der Waals surface area contributed by atoms with Gasteiger partial charge < -0.3 is 14.8 Å². The van der Waals surface area contributed by atoms with Gasteiger partial charge >= 0.3 is 5.97 Å². The number of carbonyl (C=O) groups is 4. The maximum Gasteiger partial charge on any atom is 0.338 e. The fourth-order valence-corrected chi connectivity index (χ4v) is 3.42. The summed E-state index contributed by atoms with van der Waals surface area (Å²) in [4.78, 5) is 50.5. The van der Waals surface area contributed by atoms with Crippen molar-refractivity contribution in [1.82, 2.24) is 10.2 Å². The number of methoxy groups -OCH3 is 1. The second kappa shape index (κ2) is 11.6. The van der Waals surface area contributed by atoms with Crippen molar-refractivity contribution in [2.24, 2.45) is 5.92 Å². The van der Waals surface area contributed by atoms with Crippen LogP contribution in [0, 0.1) is 5.92 Å². The summed E-state index contributed by atoms with van der Waals surface area (Å²) in [5, 5.41) is 2.81. The van der Waals surface area contributed by atoms with E-state index in [-0.39, 0.29) is 41.1 Å². The van der Waals surface area contributed by atoms with Crippen LogP contribution in [0.2, 0.25) is 0 Å². The third kappa shape index (κ3) is 6.89. The molecule has 170 valence electrons. The first-order valence-electron chi connectivity index (χ1n) is 10.7. The second-order valence-electron chi connectivity index (χ2n) is 8.24. The maximum absolute atomic E-state index is 12.5. The molecule has 0 radical (unpaired) electrons. The van der Waals surface area contributed by atoms with Crippen molar-refractivity contribution in [3.05, 3.63) is 34.9 Å². The predicted octanol–water partition coefficient (Wildman–Crippen LogP) is 2.81. The van der Waals surface area contributed by atoms with Gasteiger partial charge in [-0.25, -0.2) is 4.79 Å². The molecule has 1 unspecified atom stereocenters. The normalized spacial score (nSPS) is 14.0. The minimum atomic E-state index is -0.719. The minimum Gasteiger partial charge on any atom is -0.452 e. The molecule has 1 aliphatic heterocycles. The lowest BCUT2D eigenvalue weighted by atomic mass is 10.0. The molecule has 0 fully saturated rings. The Morgan fingerprint density at radius 1 is 1.03 bits per heavy atom. The van der Waals surface area contributed by atoms with Crippen LogP contribution in [0.15, 0.2) is 18.2 Å². The van der Waals surface area contributed by atoms with E-state index in [1.54, 1.807) is 7.11 Å². The van der Waals surface area contributed by atoms with E-state index in [1.807, 2.05) is 6.92 Å². The highest BCUT2D eigenvalue weighted by Gasteiger charge is 2.35. The van der Waals surface area contributed by atoms with Crippen molar-refractivity contribution >= 4 is 23.7 Å². The Labute approximate surface area is 183 Å². The Hall–Kier alpha value is -2.74. The number of amides is 3. The molecular formula is C23H32N2O6. The molecule has 0 saturated heterocycles. The monoisotopic (exact) mass is 432 g/mol. The molecule has 0 aliphatic carbocycles. The van der Waals surface area contributed by atoms with Crippen LogP contribution in [0.5, 0.6) is 0 Å². The standard InChI is InChI=1S/C23H32N2O6/c1-15(2)7-5-8-16(3)24-20(26)14-31-23(29)17-9-10-18-19(13-17)22(28)25(21(18)27)11-6-12-30-4/h9-10,13,15-16H,5-8,11-12,14H2,1-4H3,(H,24,26). The number of esters is 1. The number of carbonyl (C=O) groups excluding carboxylic acids is 4. The molecule has 0 aromatic heterocycles. The highest BCUT2D eigenvalue weighted by atomic mass is 16.5. The van der Waals surface area contributed by atoms with E-state index < -0.39 is 18.5 Å². The van der Waals surface area contributed by atoms with Crippen LogP contribution < -0.4 is 5.32 Å². The van der Waals surface area contributed by atoms with E-state index >= 15 is 0 Å². The molecule has 3 amide bonds. The number of rotatable bonds is 12. The fourth-order valence-electron chi connectivity index (χ4n) is 3.42. The van der Waals surface area contributed by atoms with Crippen LogP contribution in [0.25, 0.3) is 0 Å². The van der Waals surface area contributed by atoms with E-state index in [0.29, 0.717) is 18.9 Å². The summed E-state index contributed by atoms with van der Waals surface area (Å²) >= 11 is 0. The second-order valence-corrected chi connectivity index (χ2v) is 8.24. The molecule has 0 spiro atoms. The highest BCUT2D eigenvalue weighted by Crippen LogP contribution is 2.24. The number of hydrogen-bond donors (Lipinski definition) is 1. The minimum absolute atomic E-state index is 0.00216. The number of hydrogen-bond acceptors (Lipinski definition) is 6. The topological polar surface area (TPSA) is 102 Å². The molecule has 31 heavy (non-hydrogen) atoms. The van der Waals surface area contributed by atoms with Gasteiger partial charge in [0.2, 0.25) is 0 Å². The molecule has 0 bridgehead atoms. The number of benzene rings is 1. The van der Waals surface area contributed by atoms with Gasteiger partial charge in [0.15, 0.2) is 6.61 Å². The molecule has 1 aromatic carbocycles. The van der Waals surface area contributed by atoms with Gasteiger partial charge in [0.25, 0.3) is 17.7 Å². The van der Waals surface area contributed by atoms with Gasteiger partial charge in [-0.1, -0.05) is 26.7 Å². The first-order valence-corrected chi connectivity index (χ1v) is 10.7. The number of fused-ring (bicyclic) bond motifs is 1.